The SMILES string of the molecule is C1=Nc2nc3cnc(Nc4ccc(N5CCNCC5)cn4)nc3n2C2(C1)CCCCC2.C1=Nc2nn3cnc(Nc4ccc(N5CCNCC5)cn4)nc3c2C2(C1)CCCCC2.O=C1CCC2(CCCCC2)c2c3nc(Nc4ccc(N5CCNCC5)cn4)ncc3nn21. The number of aromatic nitrogens is 15. The zero-order valence-corrected chi connectivity index (χ0v) is 53.4. The van der Waals surface area contributed by atoms with Crippen LogP contribution in [-0.2, 0) is 16.4 Å². The van der Waals surface area contributed by atoms with Crippen LogP contribution in [0.4, 0.5) is 64.1 Å². The van der Waals surface area contributed by atoms with E-state index in [4.69, 9.17) is 19.9 Å². The van der Waals surface area contributed by atoms with Crippen LogP contribution in [0, 0.1) is 0 Å². The molecule has 15 heterocycles. The lowest BCUT2D eigenvalue weighted by Gasteiger charge is -2.40. The lowest BCUT2D eigenvalue weighted by atomic mass is 9.67. The van der Waals surface area contributed by atoms with Gasteiger partial charge in [-0.25, -0.2) is 59.1 Å². The van der Waals surface area contributed by atoms with E-state index in [0.717, 1.165) is 192 Å². The maximum absolute atomic E-state index is 12.6. The molecule has 18 rings (SSSR count). The number of piperazine rings is 3. The predicted molar refractivity (Wildman–Crippen MR) is 365 cm³/mol. The quantitative estimate of drug-likeness (QED) is 0.0785. The fourth-order valence-corrected chi connectivity index (χ4v) is 16.0. The molecule has 3 saturated heterocycles. The van der Waals surface area contributed by atoms with Gasteiger partial charge >= 0.3 is 0 Å². The van der Waals surface area contributed by atoms with Gasteiger partial charge in [0.15, 0.2) is 17.1 Å². The minimum Gasteiger partial charge on any atom is -0.368 e. The molecule has 9 aromatic heterocycles. The van der Waals surface area contributed by atoms with Gasteiger partial charge in [0.1, 0.15) is 40.3 Å². The van der Waals surface area contributed by atoms with Gasteiger partial charge in [0.2, 0.25) is 29.7 Å². The number of nitrogens with zero attached hydrogens (tertiary/aromatic N) is 20. The molecule has 486 valence electrons. The normalized spacial score (nSPS) is 20.3. The molecule has 0 unspecified atom stereocenters. The van der Waals surface area contributed by atoms with Gasteiger partial charge in [0.25, 0.3) is 0 Å². The van der Waals surface area contributed by atoms with E-state index in [1.54, 1.807) is 27.9 Å². The van der Waals surface area contributed by atoms with Crippen molar-refractivity contribution in [2.75, 3.05) is 109 Å². The number of hydrogen-bond donors (Lipinski definition) is 6. The van der Waals surface area contributed by atoms with Crippen molar-refractivity contribution in [2.45, 2.75) is 138 Å². The molecule has 9 aromatic rings. The van der Waals surface area contributed by atoms with Crippen LogP contribution in [0.25, 0.3) is 27.8 Å². The van der Waals surface area contributed by atoms with Crippen molar-refractivity contribution < 1.29 is 4.79 Å². The van der Waals surface area contributed by atoms with Gasteiger partial charge in [-0.2, -0.15) is 15.1 Å². The topological polar surface area (TPSA) is 293 Å². The van der Waals surface area contributed by atoms with E-state index in [2.05, 4.69) is 119 Å². The van der Waals surface area contributed by atoms with Crippen molar-refractivity contribution in [1.29, 1.82) is 0 Å². The van der Waals surface area contributed by atoms with Crippen LogP contribution < -0.4 is 46.6 Å². The molecular weight excluding hydrogens is 1180 g/mol. The molecule has 27 nitrogen and oxygen atoms in total. The number of hydrogen-bond acceptors (Lipinski definition) is 24. The first kappa shape index (κ1) is 59.8. The predicted octanol–water partition coefficient (Wildman–Crippen LogP) is 9.13. The van der Waals surface area contributed by atoms with Gasteiger partial charge in [-0.15, -0.1) is 5.10 Å². The third-order valence-electron chi connectivity index (χ3n) is 20.9. The number of rotatable bonds is 9. The highest BCUT2D eigenvalue weighted by Gasteiger charge is 2.45. The minimum atomic E-state index is 0.00965. The monoisotopic (exact) mass is 1270 g/mol. The van der Waals surface area contributed by atoms with Crippen LogP contribution >= 0.6 is 0 Å². The Morgan fingerprint density at radius 1 is 0.457 bits per heavy atom. The Bertz CT molecular complexity index is 4040. The Hall–Kier alpha value is -9.21. The first-order valence-corrected chi connectivity index (χ1v) is 34.3. The van der Waals surface area contributed by atoms with Crippen molar-refractivity contribution in [2.24, 2.45) is 9.98 Å². The number of carbonyl (C=O) groups is 1. The standard InChI is InChI=1S/C23H28N8O.2C22H27N9/c32-19-6-9-23(7-2-1-3-8-23)21-20-17(29-31(19)21)15-26-22(28-20)27-18-5-4-16(14-25-18)30-12-10-24-11-13-30;1-2-6-22(7-3-1)8-9-24-21-27-17-15-26-20(29-19(17)31(21)22)28-18-5-4-16(14-25-18)30-12-10-23-11-13-30;1-2-6-22(7-3-1)8-9-24-19-18(22)20-28-21(26-15-31(20)29-19)27-17-5-4-16(14-25-17)30-12-10-23-11-13-30/h4-5,14-15,24H,1-3,6-13H2,(H,25,27,28);4-5,9,14-15,23H,1-3,6-8,10-13H2,(H,25,26,28,29);4-5,9,14-15,23H,1-3,6-8,10-13H2,(H,25,27,28). The minimum absolute atomic E-state index is 0.00965. The number of imidazole rings is 1. The second-order valence-electron chi connectivity index (χ2n) is 26.7. The maximum atomic E-state index is 12.6. The van der Waals surface area contributed by atoms with Gasteiger partial charge in [0.05, 0.1) is 64.8 Å². The highest BCUT2D eigenvalue weighted by molar-refractivity contribution is 5.89. The van der Waals surface area contributed by atoms with Gasteiger partial charge < -0.3 is 46.6 Å². The smallest absolute Gasteiger partial charge is 0.247 e. The summed E-state index contributed by atoms with van der Waals surface area (Å²) in [5.74, 6) is 5.37. The van der Waals surface area contributed by atoms with E-state index in [1.165, 1.54) is 76.2 Å². The van der Waals surface area contributed by atoms with Crippen molar-refractivity contribution in [3.05, 3.63) is 85.0 Å². The lowest BCUT2D eigenvalue weighted by molar-refractivity contribution is 0.0811. The van der Waals surface area contributed by atoms with E-state index in [0.29, 0.717) is 35.6 Å². The molecule has 0 radical (unpaired) electrons. The van der Waals surface area contributed by atoms with Crippen LogP contribution in [0.1, 0.15) is 138 Å². The summed E-state index contributed by atoms with van der Waals surface area (Å²) < 4.78 is 5.67. The zero-order valence-electron chi connectivity index (χ0n) is 53.4. The highest BCUT2D eigenvalue weighted by Crippen LogP contribution is 2.50. The van der Waals surface area contributed by atoms with Crippen molar-refractivity contribution in [1.82, 2.24) is 89.8 Å². The van der Waals surface area contributed by atoms with Crippen LogP contribution in [0.15, 0.2) is 83.7 Å². The van der Waals surface area contributed by atoms with E-state index in [-0.39, 0.29) is 22.3 Å². The summed E-state index contributed by atoms with van der Waals surface area (Å²) in [7, 11) is 0. The summed E-state index contributed by atoms with van der Waals surface area (Å²) in [4.78, 5) is 75.2. The molecule has 0 bridgehead atoms. The second kappa shape index (κ2) is 25.9. The highest BCUT2D eigenvalue weighted by atomic mass is 16.2. The largest absolute Gasteiger partial charge is 0.368 e. The van der Waals surface area contributed by atoms with Gasteiger partial charge in [-0.05, 0) is 87.8 Å². The summed E-state index contributed by atoms with van der Waals surface area (Å²) in [6.07, 6.45) is 36.5. The van der Waals surface area contributed by atoms with Crippen LogP contribution in [0.2, 0.25) is 0 Å². The molecule has 6 N–H and O–H groups in total. The summed E-state index contributed by atoms with van der Waals surface area (Å²) in [6, 6.07) is 12.2. The summed E-state index contributed by atoms with van der Waals surface area (Å²) >= 11 is 0. The summed E-state index contributed by atoms with van der Waals surface area (Å²) in [6.45, 7) is 12.0. The van der Waals surface area contributed by atoms with Crippen molar-refractivity contribution in [3.8, 4) is 0 Å². The molecule has 3 saturated carbocycles. The number of aliphatic imine (C=N–C) groups is 2. The number of fused-ring (bicyclic) bond motifs is 12. The fourth-order valence-electron chi connectivity index (χ4n) is 16.0. The number of carbonyl (C=O) groups excluding carboxylic acids is 1. The summed E-state index contributed by atoms with van der Waals surface area (Å²) in [5, 5.41) is 29.1. The Morgan fingerprint density at radius 3 is 1.53 bits per heavy atom. The Labute approximate surface area is 545 Å². The lowest BCUT2D eigenvalue weighted by Crippen LogP contribution is -2.43. The number of pyridine rings is 3. The first-order valence-electron chi connectivity index (χ1n) is 34.3. The average molecular weight is 1270 g/mol. The van der Waals surface area contributed by atoms with Gasteiger partial charge in [-0.1, -0.05) is 57.8 Å². The Morgan fingerprint density at radius 2 is 0.968 bits per heavy atom. The van der Waals surface area contributed by atoms with Crippen molar-refractivity contribution >= 4 is 110 Å². The van der Waals surface area contributed by atoms with Gasteiger partial charge in [-0.3, -0.25) is 9.36 Å². The first-order chi connectivity index (χ1) is 46.3. The third-order valence-corrected chi connectivity index (χ3v) is 20.9. The second-order valence-corrected chi connectivity index (χ2v) is 26.7. The van der Waals surface area contributed by atoms with Crippen LogP contribution in [-0.4, -0.2) is 171 Å². The summed E-state index contributed by atoms with van der Waals surface area (Å²) in [5.41, 5.74) is 9.80. The molecule has 6 aliphatic heterocycles. The molecule has 0 amide bonds. The third kappa shape index (κ3) is 11.9. The molecule has 3 aliphatic carbocycles. The van der Waals surface area contributed by atoms with Crippen LogP contribution in [0.3, 0.4) is 0 Å². The van der Waals surface area contributed by atoms with Crippen LogP contribution in [0.5, 0.6) is 0 Å². The number of anilines is 9. The molecule has 94 heavy (non-hydrogen) atoms. The molecular formula is C67H82N26O. The van der Waals surface area contributed by atoms with Crippen molar-refractivity contribution in [3.63, 3.8) is 0 Å². The molecule has 9 aliphatic rings. The zero-order chi connectivity index (χ0) is 62.9. The molecule has 27 heteroatoms. The molecule has 0 aromatic carbocycles. The van der Waals surface area contributed by atoms with E-state index < -0.39 is 0 Å². The fraction of sp³-hybridized carbons (Fsp3) is 0.507. The maximum Gasteiger partial charge on any atom is 0.247 e. The Kier molecular flexibility index (Phi) is 16.5. The van der Waals surface area contributed by atoms with Gasteiger partial charge in [0, 0.05) is 115 Å². The van der Waals surface area contributed by atoms with E-state index in [1.807, 2.05) is 49.2 Å². The van der Waals surface area contributed by atoms with E-state index in [9.17, 15) is 4.79 Å². The molecule has 0 atom stereocenters. The molecule has 3 spiro atoms. The average Bonchev–Trinajstić information content (AvgIpc) is 1.59. The van der Waals surface area contributed by atoms with E-state index >= 15 is 0 Å². The number of nitrogens with one attached hydrogen (secondary N) is 6. The molecule has 6 fully saturated rings. The Balaban J connectivity index is 0.000000112.